The summed E-state index contributed by atoms with van der Waals surface area (Å²) >= 11 is 0. The van der Waals surface area contributed by atoms with Gasteiger partial charge in [-0.3, -0.25) is 0 Å². The zero-order chi connectivity index (χ0) is 10.6. The summed E-state index contributed by atoms with van der Waals surface area (Å²) in [6, 6.07) is 4.75. The van der Waals surface area contributed by atoms with Crippen LogP contribution < -0.4 is 10.5 Å². The first-order chi connectivity index (χ1) is 6.69. The second-order valence-electron chi connectivity index (χ2n) is 3.02. The molecule has 0 spiro atoms. The van der Waals surface area contributed by atoms with Gasteiger partial charge < -0.3 is 20.7 Å². The summed E-state index contributed by atoms with van der Waals surface area (Å²) in [5, 5.41) is 18.9. The molecule has 0 fully saturated rings. The first-order valence-electron chi connectivity index (χ1n) is 4.44. The van der Waals surface area contributed by atoms with E-state index in [4.69, 9.17) is 10.5 Å². The quantitative estimate of drug-likeness (QED) is 0.666. The lowest BCUT2D eigenvalue weighted by atomic mass is 10.1. The number of methoxy groups -OCH3 is 1. The number of aliphatic hydroxyl groups is 1. The molecular weight excluding hydrogens is 182 g/mol. The van der Waals surface area contributed by atoms with Gasteiger partial charge in [0, 0.05) is 0 Å². The Balaban J connectivity index is 2.88. The van der Waals surface area contributed by atoms with Crippen molar-refractivity contribution in [2.24, 2.45) is 5.73 Å². The van der Waals surface area contributed by atoms with Crippen LogP contribution in [-0.2, 0) is 0 Å². The van der Waals surface area contributed by atoms with Crippen LogP contribution in [0.4, 0.5) is 0 Å². The first-order valence-corrected chi connectivity index (χ1v) is 4.44. The van der Waals surface area contributed by atoms with Gasteiger partial charge in [0.1, 0.15) is 0 Å². The van der Waals surface area contributed by atoms with Gasteiger partial charge in [-0.2, -0.15) is 0 Å². The number of aliphatic hydroxyl groups excluding tert-OH is 1. The van der Waals surface area contributed by atoms with Crippen LogP contribution in [-0.4, -0.2) is 23.9 Å². The molecule has 4 N–H and O–H groups in total. The number of aromatic hydroxyl groups is 1. The van der Waals surface area contributed by atoms with Crippen molar-refractivity contribution in [2.75, 3.05) is 13.7 Å². The summed E-state index contributed by atoms with van der Waals surface area (Å²) in [4.78, 5) is 0. The lowest BCUT2D eigenvalue weighted by molar-refractivity contribution is 0.170. The number of ether oxygens (including phenoxy) is 1. The topological polar surface area (TPSA) is 75.7 Å². The number of nitrogens with two attached hydrogens (primary N) is 1. The maximum atomic E-state index is 9.61. The van der Waals surface area contributed by atoms with Gasteiger partial charge >= 0.3 is 0 Å². The third-order valence-electron chi connectivity index (χ3n) is 2.03. The zero-order valence-corrected chi connectivity index (χ0v) is 8.10. The molecule has 0 saturated carbocycles. The SMILES string of the molecule is COc1cc([C@H](O)CCN)ccc1O. The number of phenols is 1. The Morgan fingerprint density at radius 2 is 2.21 bits per heavy atom. The standard InChI is InChI=1S/C10H15NO3/c1-14-10-6-7(2-3-9(10)13)8(12)4-5-11/h2-3,6,8,12-13H,4-5,11H2,1H3/t8-/m1/s1. The maximum Gasteiger partial charge on any atom is 0.160 e. The fourth-order valence-electron chi connectivity index (χ4n) is 1.23. The number of benzene rings is 1. The van der Waals surface area contributed by atoms with Gasteiger partial charge in [-0.25, -0.2) is 0 Å². The molecule has 0 unspecified atom stereocenters. The monoisotopic (exact) mass is 197 g/mol. The van der Waals surface area contributed by atoms with Crippen molar-refractivity contribution in [1.82, 2.24) is 0 Å². The Kier molecular flexibility index (Phi) is 3.73. The van der Waals surface area contributed by atoms with Gasteiger partial charge in [-0.05, 0) is 30.7 Å². The van der Waals surface area contributed by atoms with Crippen LogP contribution in [0.5, 0.6) is 11.5 Å². The van der Waals surface area contributed by atoms with E-state index in [1.807, 2.05) is 0 Å². The number of phenolic OH excluding ortho intramolecular Hbond substituents is 1. The van der Waals surface area contributed by atoms with E-state index in [-0.39, 0.29) is 5.75 Å². The molecule has 0 aliphatic rings. The molecule has 1 aromatic carbocycles. The summed E-state index contributed by atoms with van der Waals surface area (Å²) in [5.41, 5.74) is 6.03. The van der Waals surface area contributed by atoms with Crippen molar-refractivity contribution in [3.8, 4) is 11.5 Å². The Bertz CT molecular complexity index is 301. The van der Waals surface area contributed by atoms with Crippen LogP contribution in [0.3, 0.4) is 0 Å². The van der Waals surface area contributed by atoms with E-state index in [2.05, 4.69) is 0 Å². The fourth-order valence-corrected chi connectivity index (χ4v) is 1.23. The lowest BCUT2D eigenvalue weighted by Gasteiger charge is -2.11. The highest BCUT2D eigenvalue weighted by Gasteiger charge is 2.09. The van der Waals surface area contributed by atoms with Gasteiger partial charge in [-0.1, -0.05) is 6.07 Å². The van der Waals surface area contributed by atoms with Crippen LogP contribution in [0.1, 0.15) is 18.1 Å². The molecule has 0 saturated heterocycles. The van der Waals surface area contributed by atoms with Gasteiger partial charge in [0.15, 0.2) is 11.5 Å². The van der Waals surface area contributed by atoms with Crippen molar-refractivity contribution >= 4 is 0 Å². The molecule has 0 aliphatic heterocycles. The van der Waals surface area contributed by atoms with E-state index >= 15 is 0 Å². The van der Waals surface area contributed by atoms with Crippen molar-refractivity contribution in [2.45, 2.75) is 12.5 Å². The minimum atomic E-state index is -0.602. The second kappa shape index (κ2) is 4.83. The number of hydrogen-bond acceptors (Lipinski definition) is 4. The summed E-state index contributed by atoms with van der Waals surface area (Å²) in [5.74, 6) is 0.426. The third kappa shape index (κ3) is 2.37. The Labute approximate surface area is 82.9 Å². The number of hydrogen-bond donors (Lipinski definition) is 3. The van der Waals surface area contributed by atoms with Crippen LogP contribution in [0.25, 0.3) is 0 Å². The molecule has 14 heavy (non-hydrogen) atoms. The van der Waals surface area contributed by atoms with E-state index in [1.165, 1.54) is 13.2 Å². The molecule has 0 bridgehead atoms. The minimum absolute atomic E-state index is 0.0659. The van der Waals surface area contributed by atoms with Gasteiger partial charge in [0.25, 0.3) is 0 Å². The molecule has 0 radical (unpaired) electrons. The van der Waals surface area contributed by atoms with Crippen molar-refractivity contribution < 1.29 is 14.9 Å². The predicted molar refractivity (Wildman–Crippen MR) is 53.3 cm³/mol. The molecule has 0 aromatic heterocycles. The normalized spacial score (nSPS) is 12.5. The van der Waals surface area contributed by atoms with Gasteiger partial charge in [0.05, 0.1) is 13.2 Å². The molecule has 4 nitrogen and oxygen atoms in total. The maximum absolute atomic E-state index is 9.61. The van der Waals surface area contributed by atoms with E-state index in [9.17, 15) is 10.2 Å². The van der Waals surface area contributed by atoms with E-state index in [0.717, 1.165) is 0 Å². The molecule has 0 aliphatic carbocycles. The molecule has 0 heterocycles. The summed E-state index contributed by atoms with van der Waals surface area (Å²) in [7, 11) is 1.47. The van der Waals surface area contributed by atoms with Crippen molar-refractivity contribution in [3.63, 3.8) is 0 Å². The van der Waals surface area contributed by atoms with Crippen LogP contribution in [0, 0.1) is 0 Å². The van der Waals surface area contributed by atoms with Crippen LogP contribution in [0.15, 0.2) is 18.2 Å². The summed E-state index contributed by atoms with van der Waals surface area (Å²) < 4.78 is 4.92. The molecule has 1 atom stereocenters. The van der Waals surface area contributed by atoms with Crippen LogP contribution >= 0.6 is 0 Å². The Hall–Kier alpha value is -1.26. The fraction of sp³-hybridized carbons (Fsp3) is 0.400. The average Bonchev–Trinajstić information content (AvgIpc) is 2.19. The molecule has 1 aromatic rings. The van der Waals surface area contributed by atoms with E-state index < -0.39 is 6.10 Å². The van der Waals surface area contributed by atoms with Crippen molar-refractivity contribution in [1.29, 1.82) is 0 Å². The molecule has 1 rings (SSSR count). The minimum Gasteiger partial charge on any atom is -0.504 e. The smallest absolute Gasteiger partial charge is 0.160 e. The molecular formula is C10H15NO3. The van der Waals surface area contributed by atoms with E-state index in [0.29, 0.717) is 24.3 Å². The summed E-state index contributed by atoms with van der Waals surface area (Å²) in [6.07, 6.45) is -0.108. The summed E-state index contributed by atoms with van der Waals surface area (Å²) in [6.45, 7) is 0.421. The Morgan fingerprint density at radius 1 is 1.50 bits per heavy atom. The van der Waals surface area contributed by atoms with Crippen molar-refractivity contribution in [3.05, 3.63) is 23.8 Å². The van der Waals surface area contributed by atoms with E-state index in [1.54, 1.807) is 12.1 Å². The molecule has 78 valence electrons. The highest BCUT2D eigenvalue weighted by molar-refractivity contribution is 5.42. The van der Waals surface area contributed by atoms with Gasteiger partial charge in [-0.15, -0.1) is 0 Å². The highest BCUT2D eigenvalue weighted by atomic mass is 16.5. The third-order valence-corrected chi connectivity index (χ3v) is 2.03. The Morgan fingerprint density at radius 3 is 2.79 bits per heavy atom. The largest absolute Gasteiger partial charge is 0.504 e. The highest BCUT2D eigenvalue weighted by Crippen LogP contribution is 2.29. The number of rotatable bonds is 4. The lowest BCUT2D eigenvalue weighted by Crippen LogP contribution is -2.06. The predicted octanol–water partition coefficient (Wildman–Crippen LogP) is 0.783. The van der Waals surface area contributed by atoms with Crippen LogP contribution in [0.2, 0.25) is 0 Å². The average molecular weight is 197 g/mol. The van der Waals surface area contributed by atoms with Gasteiger partial charge in [0.2, 0.25) is 0 Å². The second-order valence-corrected chi connectivity index (χ2v) is 3.02. The zero-order valence-electron chi connectivity index (χ0n) is 8.10. The first kappa shape index (κ1) is 10.8. The molecule has 4 heteroatoms. The molecule has 0 amide bonds.